The van der Waals surface area contributed by atoms with Crippen molar-refractivity contribution in [3.05, 3.63) is 102 Å². The molecular formula is C22H22BrNO2S. The second-order valence-electron chi connectivity index (χ2n) is 6.42. The molecule has 1 atom stereocenters. The van der Waals surface area contributed by atoms with Crippen LogP contribution < -0.4 is 0 Å². The molecule has 0 aliphatic carbocycles. The van der Waals surface area contributed by atoms with Gasteiger partial charge in [0.1, 0.15) is 0 Å². The first-order valence-corrected chi connectivity index (χ1v) is 11.3. The van der Waals surface area contributed by atoms with E-state index in [0.29, 0.717) is 16.6 Å². The average Bonchev–Trinajstić information content (AvgIpc) is 2.73. The van der Waals surface area contributed by atoms with Crippen molar-refractivity contribution in [2.24, 2.45) is 0 Å². The lowest BCUT2D eigenvalue weighted by Crippen LogP contribution is -2.32. The molecule has 1 unspecified atom stereocenters. The van der Waals surface area contributed by atoms with Crippen LogP contribution in [0.1, 0.15) is 22.7 Å². The van der Waals surface area contributed by atoms with Gasteiger partial charge in [-0.2, -0.15) is 4.31 Å². The number of benzene rings is 3. The zero-order chi connectivity index (χ0) is 19.3. The molecule has 0 radical (unpaired) electrons. The van der Waals surface area contributed by atoms with Gasteiger partial charge in [-0.1, -0.05) is 88.7 Å². The zero-order valence-electron chi connectivity index (χ0n) is 15.1. The Bertz CT molecular complexity index is 958. The third-order valence-corrected chi connectivity index (χ3v) is 7.18. The summed E-state index contributed by atoms with van der Waals surface area (Å²) in [6.45, 7) is 0. The molecule has 0 saturated carbocycles. The van der Waals surface area contributed by atoms with Gasteiger partial charge in [0.25, 0.3) is 0 Å². The second kappa shape index (κ2) is 8.83. The Kier molecular flexibility index (Phi) is 6.47. The summed E-state index contributed by atoms with van der Waals surface area (Å²) >= 11 is 3.39. The van der Waals surface area contributed by atoms with Crippen molar-refractivity contribution in [1.29, 1.82) is 0 Å². The molecule has 0 heterocycles. The monoisotopic (exact) mass is 443 g/mol. The van der Waals surface area contributed by atoms with Crippen LogP contribution in [0, 0.1) is 0 Å². The normalized spacial score (nSPS) is 12.9. The number of halogens is 1. The van der Waals surface area contributed by atoms with Gasteiger partial charge < -0.3 is 0 Å². The Morgan fingerprint density at radius 3 is 1.93 bits per heavy atom. The molecular weight excluding hydrogens is 422 g/mol. The third-order valence-electron chi connectivity index (χ3n) is 4.65. The summed E-state index contributed by atoms with van der Waals surface area (Å²) in [4.78, 5) is 0.309. The lowest BCUT2D eigenvalue weighted by molar-refractivity contribution is 0.373. The van der Waals surface area contributed by atoms with E-state index < -0.39 is 10.0 Å². The van der Waals surface area contributed by atoms with Crippen LogP contribution in [-0.4, -0.2) is 19.8 Å². The van der Waals surface area contributed by atoms with E-state index in [1.807, 2.05) is 72.8 Å². The van der Waals surface area contributed by atoms with Gasteiger partial charge in [-0.05, 0) is 35.2 Å². The first-order chi connectivity index (χ1) is 13.0. The van der Waals surface area contributed by atoms with Crippen LogP contribution >= 0.6 is 15.9 Å². The number of hydrogen-bond acceptors (Lipinski definition) is 2. The van der Waals surface area contributed by atoms with Crippen LogP contribution in [0.25, 0.3) is 0 Å². The largest absolute Gasteiger partial charge is 0.243 e. The number of likely N-dealkylation sites (N-methyl/N-ethyl adjacent to an activating group) is 1. The minimum absolute atomic E-state index is 0.283. The lowest BCUT2D eigenvalue weighted by Gasteiger charge is -2.28. The van der Waals surface area contributed by atoms with Crippen LogP contribution in [-0.2, 0) is 21.8 Å². The summed E-state index contributed by atoms with van der Waals surface area (Å²) < 4.78 is 28.0. The van der Waals surface area contributed by atoms with E-state index in [-0.39, 0.29) is 6.04 Å². The van der Waals surface area contributed by atoms with Gasteiger partial charge in [0, 0.05) is 12.4 Å². The van der Waals surface area contributed by atoms with Gasteiger partial charge in [0.2, 0.25) is 10.0 Å². The predicted molar refractivity (Wildman–Crippen MR) is 113 cm³/mol. The summed E-state index contributed by atoms with van der Waals surface area (Å²) in [6, 6.07) is 26.5. The predicted octanol–water partition coefficient (Wildman–Crippen LogP) is 5.19. The van der Waals surface area contributed by atoms with Crippen LogP contribution in [0.2, 0.25) is 0 Å². The van der Waals surface area contributed by atoms with Crippen LogP contribution in [0.4, 0.5) is 0 Å². The average molecular weight is 444 g/mol. The highest BCUT2D eigenvalue weighted by molar-refractivity contribution is 9.08. The number of nitrogens with zero attached hydrogens (tertiary/aromatic N) is 1. The number of rotatable bonds is 7. The molecule has 0 N–H and O–H groups in total. The summed E-state index contributed by atoms with van der Waals surface area (Å²) in [5, 5.41) is 0.698. The maximum atomic E-state index is 13.3. The molecule has 0 saturated heterocycles. The number of alkyl halides is 1. The van der Waals surface area contributed by atoms with E-state index in [4.69, 9.17) is 0 Å². The fraction of sp³-hybridized carbons (Fsp3) is 0.182. The van der Waals surface area contributed by atoms with Gasteiger partial charge in [-0.3, -0.25) is 0 Å². The van der Waals surface area contributed by atoms with Crippen molar-refractivity contribution in [3.63, 3.8) is 0 Å². The molecule has 3 rings (SSSR count). The van der Waals surface area contributed by atoms with Crippen molar-refractivity contribution < 1.29 is 8.42 Å². The van der Waals surface area contributed by atoms with Crippen LogP contribution in [0.5, 0.6) is 0 Å². The standard InChI is InChI=1S/C22H22BrNO2S/c1-24(27(25,26)21-14-12-19(17-23)13-15-21)22(20-10-6-3-7-11-20)16-18-8-4-2-5-9-18/h2-15,22H,16-17H2,1H3. The molecule has 5 heteroatoms. The molecule has 3 aromatic carbocycles. The van der Waals surface area contributed by atoms with Gasteiger partial charge in [0.15, 0.2) is 0 Å². The third kappa shape index (κ3) is 4.67. The molecule has 0 bridgehead atoms. The van der Waals surface area contributed by atoms with E-state index in [0.717, 1.165) is 16.7 Å². The van der Waals surface area contributed by atoms with Crippen molar-refractivity contribution in [2.75, 3.05) is 7.05 Å². The molecule has 0 spiro atoms. The summed E-state index contributed by atoms with van der Waals surface area (Å²) in [5.41, 5.74) is 3.12. The van der Waals surface area contributed by atoms with Crippen LogP contribution in [0.15, 0.2) is 89.8 Å². The SMILES string of the molecule is CN(C(Cc1ccccc1)c1ccccc1)S(=O)(=O)c1ccc(CBr)cc1. The van der Waals surface area contributed by atoms with Gasteiger partial charge in [-0.25, -0.2) is 8.42 Å². The first kappa shape index (κ1) is 19.8. The highest BCUT2D eigenvalue weighted by Crippen LogP contribution is 2.29. The molecule has 0 fully saturated rings. The van der Waals surface area contributed by atoms with Gasteiger partial charge in [0.05, 0.1) is 10.9 Å². The minimum atomic E-state index is -3.61. The Labute approximate surface area is 169 Å². The zero-order valence-corrected chi connectivity index (χ0v) is 17.5. The molecule has 0 aliphatic rings. The fourth-order valence-electron chi connectivity index (χ4n) is 3.05. The van der Waals surface area contributed by atoms with E-state index in [1.165, 1.54) is 4.31 Å². The maximum Gasteiger partial charge on any atom is 0.243 e. The summed E-state index contributed by atoms with van der Waals surface area (Å²) in [6.07, 6.45) is 0.611. The Hall–Kier alpha value is -1.95. The molecule has 3 nitrogen and oxygen atoms in total. The van der Waals surface area contributed by atoms with Crippen LogP contribution in [0.3, 0.4) is 0 Å². The first-order valence-electron chi connectivity index (χ1n) is 8.74. The van der Waals surface area contributed by atoms with Gasteiger partial charge >= 0.3 is 0 Å². The molecule has 140 valence electrons. The number of sulfonamides is 1. The molecule has 0 aromatic heterocycles. The highest BCUT2D eigenvalue weighted by Gasteiger charge is 2.29. The second-order valence-corrected chi connectivity index (χ2v) is 8.97. The topological polar surface area (TPSA) is 37.4 Å². The molecule has 3 aromatic rings. The van der Waals surface area contributed by atoms with E-state index in [1.54, 1.807) is 19.2 Å². The van der Waals surface area contributed by atoms with E-state index in [2.05, 4.69) is 15.9 Å². The highest BCUT2D eigenvalue weighted by atomic mass is 79.9. The Morgan fingerprint density at radius 2 is 1.37 bits per heavy atom. The van der Waals surface area contributed by atoms with E-state index in [9.17, 15) is 8.42 Å². The van der Waals surface area contributed by atoms with Crippen molar-refractivity contribution in [1.82, 2.24) is 4.31 Å². The summed E-state index contributed by atoms with van der Waals surface area (Å²) in [7, 11) is -1.95. The minimum Gasteiger partial charge on any atom is -0.207 e. The smallest absolute Gasteiger partial charge is 0.207 e. The summed E-state index contributed by atoms with van der Waals surface area (Å²) in [5.74, 6) is 0. The fourth-order valence-corrected chi connectivity index (χ4v) is 4.77. The molecule has 0 amide bonds. The maximum absolute atomic E-state index is 13.3. The van der Waals surface area contributed by atoms with Crippen molar-refractivity contribution in [2.45, 2.75) is 22.7 Å². The van der Waals surface area contributed by atoms with Crippen molar-refractivity contribution in [3.8, 4) is 0 Å². The van der Waals surface area contributed by atoms with E-state index >= 15 is 0 Å². The Balaban J connectivity index is 1.97. The van der Waals surface area contributed by atoms with Crippen molar-refractivity contribution >= 4 is 26.0 Å². The molecule has 0 aliphatic heterocycles. The quantitative estimate of drug-likeness (QED) is 0.471. The molecule has 27 heavy (non-hydrogen) atoms. The number of hydrogen-bond donors (Lipinski definition) is 0. The van der Waals surface area contributed by atoms with Gasteiger partial charge in [-0.15, -0.1) is 0 Å². The lowest BCUT2D eigenvalue weighted by atomic mass is 9.99. The Morgan fingerprint density at radius 1 is 0.815 bits per heavy atom.